The first-order valence-electron chi connectivity index (χ1n) is 9.60. The summed E-state index contributed by atoms with van der Waals surface area (Å²) in [5.41, 5.74) is 4.25. The summed E-state index contributed by atoms with van der Waals surface area (Å²) in [4.78, 5) is 23.7. The Morgan fingerprint density at radius 1 is 1.07 bits per heavy atom. The molecule has 0 fully saturated rings. The average Bonchev–Trinajstić information content (AvgIpc) is 2.98. The molecule has 0 heterocycles. The van der Waals surface area contributed by atoms with Crippen molar-refractivity contribution in [1.29, 1.82) is 0 Å². The first kappa shape index (κ1) is 20.5. The van der Waals surface area contributed by atoms with Gasteiger partial charge in [-0.1, -0.05) is 60.4 Å². The zero-order valence-corrected chi connectivity index (χ0v) is 16.9. The molecule has 0 aliphatic heterocycles. The van der Waals surface area contributed by atoms with Crippen LogP contribution in [0.2, 0.25) is 0 Å². The Morgan fingerprint density at radius 2 is 1.62 bits per heavy atom. The van der Waals surface area contributed by atoms with Gasteiger partial charge in [-0.05, 0) is 43.0 Å². The summed E-state index contributed by atoms with van der Waals surface area (Å²) >= 11 is 0. The SMILES string of the molecule is CC(C)(C)C#CC[C@H](NC(=O)OCC1c2ccccc2-c2ccccc21)C(=O)O. The number of amides is 1. The average molecular weight is 391 g/mol. The van der Waals surface area contributed by atoms with Crippen molar-refractivity contribution in [3.8, 4) is 23.0 Å². The molecule has 1 aliphatic carbocycles. The quantitative estimate of drug-likeness (QED) is 0.740. The molecule has 150 valence electrons. The van der Waals surface area contributed by atoms with Gasteiger partial charge in [0.1, 0.15) is 12.6 Å². The second-order valence-electron chi connectivity index (χ2n) is 8.12. The van der Waals surface area contributed by atoms with Crippen LogP contribution in [0.15, 0.2) is 48.5 Å². The Bertz CT molecular complexity index is 933. The number of carbonyl (C=O) groups excluding carboxylic acids is 1. The van der Waals surface area contributed by atoms with Crippen LogP contribution < -0.4 is 5.32 Å². The Labute approximate surface area is 171 Å². The molecule has 29 heavy (non-hydrogen) atoms. The maximum Gasteiger partial charge on any atom is 0.407 e. The standard InChI is InChI=1S/C24H25NO4/c1-24(2,3)14-8-13-21(22(26)27)25-23(28)29-15-20-18-11-6-4-9-16(18)17-10-5-7-12-19(17)20/h4-7,9-12,20-21H,13,15H2,1-3H3,(H,25,28)(H,26,27)/t21-/m0/s1. The number of alkyl carbamates (subject to hydrolysis) is 1. The van der Waals surface area contributed by atoms with E-state index in [4.69, 9.17) is 4.74 Å². The molecule has 0 radical (unpaired) electrons. The van der Waals surface area contributed by atoms with Gasteiger partial charge in [-0.3, -0.25) is 0 Å². The summed E-state index contributed by atoms with van der Waals surface area (Å²) in [6.45, 7) is 5.96. The van der Waals surface area contributed by atoms with E-state index in [1.807, 2.05) is 57.2 Å². The zero-order chi connectivity index (χ0) is 21.0. The lowest BCUT2D eigenvalue weighted by Gasteiger charge is -2.16. The second kappa shape index (κ2) is 8.40. The fourth-order valence-electron chi connectivity index (χ4n) is 3.40. The fraction of sp³-hybridized carbons (Fsp3) is 0.333. The molecule has 2 aromatic carbocycles. The Hall–Kier alpha value is -3.26. The summed E-state index contributed by atoms with van der Waals surface area (Å²) in [6.07, 6.45) is -0.728. The summed E-state index contributed by atoms with van der Waals surface area (Å²) < 4.78 is 5.41. The highest BCUT2D eigenvalue weighted by Crippen LogP contribution is 2.44. The van der Waals surface area contributed by atoms with Crippen molar-refractivity contribution in [1.82, 2.24) is 5.32 Å². The minimum Gasteiger partial charge on any atom is -0.480 e. The van der Waals surface area contributed by atoms with E-state index in [9.17, 15) is 14.7 Å². The van der Waals surface area contributed by atoms with Crippen LogP contribution in [0.3, 0.4) is 0 Å². The van der Waals surface area contributed by atoms with E-state index >= 15 is 0 Å². The predicted octanol–water partition coefficient (Wildman–Crippen LogP) is 4.42. The van der Waals surface area contributed by atoms with Crippen molar-refractivity contribution >= 4 is 12.1 Å². The zero-order valence-electron chi connectivity index (χ0n) is 16.9. The van der Waals surface area contributed by atoms with E-state index in [2.05, 4.69) is 29.3 Å². The molecule has 0 unspecified atom stereocenters. The van der Waals surface area contributed by atoms with Crippen LogP contribution in [0.4, 0.5) is 4.79 Å². The Kier molecular flexibility index (Phi) is 5.93. The molecular weight excluding hydrogens is 366 g/mol. The number of rotatable bonds is 5. The molecule has 2 N–H and O–H groups in total. The minimum atomic E-state index is -1.14. The molecule has 5 heteroatoms. The number of aliphatic carboxylic acids is 1. The first-order chi connectivity index (χ1) is 13.8. The number of carbonyl (C=O) groups is 2. The van der Waals surface area contributed by atoms with Gasteiger partial charge in [0.2, 0.25) is 0 Å². The first-order valence-corrected chi connectivity index (χ1v) is 9.60. The van der Waals surface area contributed by atoms with Crippen LogP contribution >= 0.6 is 0 Å². The van der Waals surface area contributed by atoms with Crippen LogP contribution in [0.1, 0.15) is 44.2 Å². The van der Waals surface area contributed by atoms with E-state index in [0.29, 0.717) is 0 Å². The summed E-state index contributed by atoms with van der Waals surface area (Å²) in [5, 5.41) is 11.8. The highest BCUT2D eigenvalue weighted by Gasteiger charge is 2.29. The number of benzene rings is 2. The van der Waals surface area contributed by atoms with E-state index in [1.54, 1.807) is 0 Å². The number of carboxylic acids is 1. The number of ether oxygens (including phenoxy) is 1. The molecule has 3 rings (SSSR count). The molecule has 5 nitrogen and oxygen atoms in total. The smallest absolute Gasteiger partial charge is 0.407 e. The molecule has 0 aromatic heterocycles. The van der Waals surface area contributed by atoms with Crippen LogP contribution in [0.5, 0.6) is 0 Å². The van der Waals surface area contributed by atoms with Crippen LogP contribution in [-0.4, -0.2) is 29.8 Å². The highest BCUT2D eigenvalue weighted by molar-refractivity contribution is 5.81. The van der Waals surface area contributed by atoms with Gasteiger partial charge in [-0.2, -0.15) is 0 Å². The molecule has 1 atom stereocenters. The van der Waals surface area contributed by atoms with Gasteiger partial charge in [-0.15, -0.1) is 0 Å². The Morgan fingerprint density at radius 3 is 2.14 bits per heavy atom. The van der Waals surface area contributed by atoms with Gasteiger partial charge in [-0.25, -0.2) is 9.59 Å². The number of fused-ring (bicyclic) bond motifs is 3. The lowest BCUT2D eigenvalue weighted by Crippen LogP contribution is -2.41. The van der Waals surface area contributed by atoms with Crippen molar-refractivity contribution < 1.29 is 19.4 Å². The largest absolute Gasteiger partial charge is 0.480 e. The second-order valence-corrected chi connectivity index (χ2v) is 8.12. The van der Waals surface area contributed by atoms with Crippen molar-refractivity contribution in [3.63, 3.8) is 0 Å². The molecular formula is C24H25NO4. The van der Waals surface area contributed by atoms with E-state index in [0.717, 1.165) is 22.3 Å². The molecule has 0 bridgehead atoms. The number of carboxylic acid groups (broad SMARTS) is 1. The maximum absolute atomic E-state index is 12.3. The lowest BCUT2D eigenvalue weighted by molar-refractivity contribution is -0.139. The number of hydrogen-bond donors (Lipinski definition) is 2. The van der Waals surface area contributed by atoms with Gasteiger partial charge in [0.05, 0.1) is 0 Å². The number of nitrogens with one attached hydrogen (secondary N) is 1. The third kappa shape index (κ3) is 4.97. The van der Waals surface area contributed by atoms with Gasteiger partial charge in [0.15, 0.2) is 0 Å². The van der Waals surface area contributed by atoms with Crippen molar-refractivity contribution in [2.75, 3.05) is 6.61 Å². The number of hydrogen-bond acceptors (Lipinski definition) is 3. The van der Waals surface area contributed by atoms with E-state index in [-0.39, 0.29) is 24.4 Å². The maximum atomic E-state index is 12.3. The fourth-order valence-corrected chi connectivity index (χ4v) is 3.40. The van der Waals surface area contributed by atoms with Gasteiger partial charge >= 0.3 is 12.1 Å². The Balaban J connectivity index is 1.66. The minimum absolute atomic E-state index is 0.0246. The van der Waals surface area contributed by atoms with Crippen LogP contribution in [-0.2, 0) is 9.53 Å². The van der Waals surface area contributed by atoms with E-state index in [1.165, 1.54) is 0 Å². The highest BCUT2D eigenvalue weighted by atomic mass is 16.5. The van der Waals surface area contributed by atoms with Crippen LogP contribution in [0.25, 0.3) is 11.1 Å². The summed E-state index contributed by atoms with van der Waals surface area (Å²) in [5.74, 6) is 4.60. The van der Waals surface area contributed by atoms with Crippen molar-refractivity contribution in [2.24, 2.45) is 5.41 Å². The third-order valence-corrected chi connectivity index (χ3v) is 4.70. The molecule has 2 aromatic rings. The summed E-state index contributed by atoms with van der Waals surface area (Å²) in [6, 6.07) is 15.0. The topological polar surface area (TPSA) is 75.6 Å². The van der Waals surface area contributed by atoms with Crippen molar-refractivity contribution in [3.05, 3.63) is 59.7 Å². The van der Waals surface area contributed by atoms with Crippen LogP contribution in [0, 0.1) is 17.3 Å². The van der Waals surface area contributed by atoms with Crippen molar-refractivity contribution in [2.45, 2.75) is 39.2 Å². The molecule has 0 saturated heterocycles. The normalized spacial score (nSPS) is 13.5. The van der Waals surface area contributed by atoms with E-state index < -0.39 is 18.1 Å². The molecule has 0 saturated carbocycles. The van der Waals surface area contributed by atoms with Gasteiger partial charge in [0, 0.05) is 17.8 Å². The molecule has 0 spiro atoms. The monoisotopic (exact) mass is 391 g/mol. The predicted molar refractivity (Wildman–Crippen MR) is 111 cm³/mol. The molecule has 1 amide bonds. The molecule has 1 aliphatic rings. The van der Waals surface area contributed by atoms with Gasteiger partial charge in [0.25, 0.3) is 0 Å². The third-order valence-electron chi connectivity index (χ3n) is 4.70. The van der Waals surface area contributed by atoms with Gasteiger partial charge < -0.3 is 15.2 Å². The summed E-state index contributed by atoms with van der Waals surface area (Å²) in [7, 11) is 0. The lowest BCUT2D eigenvalue weighted by atomic mass is 9.97.